The summed E-state index contributed by atoms with van der Waals surface area (Å²) in [5.74, 6) is -0.310. The second-order valence-electron chi connectivity index (χ2n) is 5.73. The zero-order valence-corrected chi connectivity index (χ0v) is 12.3. The maximum atomic E-state index is 13.1. The molecule has 1 aromatic rings. The van der Waals surface area contributed by atoms with Gasteiger partial charge in [0.25, 0.3) is 0 Å². The van der Waals surface area contributed by atoms with Gasteiger partial charge in [0, 0.05) is 25.6 Å². The summed E-state index contributed by atoms with van der Waals surface area (Å²) >= 11 is 0. The molecule has 1 amide bonds. The molecule has 1 fully saturated rings. The number of aliphatic hydroxyl groups is 1. The van der Waals surface area contributed by atoms with Crippen LogP contribution in [0.3, 0.4) is 0 Å². The first-order chi connectivity index (χ1) is 10.0. The minimum atomic E-state index is -0.700. The van der Waals surface area contributed by atoms with Crippen molar-refractivity contribution in [3.63, 3.8) is 0 Å². The van der Waals surface area contributed by atoms with Crippen molar-refractivity contribution >= 4 is 5.91 Å². The van der Waals surface area contributed by atoms with E-state index in [1.165, 1.54) is 12.1 Å². The van der Waals surface area contributed by atoms with Crippen LogP contribution in [-0.2, 0) is 4.79 Å². The Hall–Kier alpha value is -1.46. The van der Waals surface area contributed by atoms with Gasteiger partial charge in [-0.15, -0.1) is 0 Å². The fourth-order valence-electron chi connectivity index (χ4n) is 2.84. The zero-order chi connectivity index (χ0) is 15.2. The van der Waals surface area contributed by atoms with Gasteiger partial charge in [0.2, 0.25) is 5.91 Å². The lowest BCUT2D eigenvalue weighted by atomic mass is 9.91. The Kier molecular flexibility index (Phi) is 5.70. The number of carbonyl (C=O) groups excluding carboxylic acids is 1. The second-order valence-corrected chi connectivity index (χ2v) is 5.73. The van der Waals surface area contributed by atoms with E-state index >= 15 is 0 Å². The molecule has 0 radical (unpaired) electrons. The summed E-state index contributed by atoms with van der Waals surface area (Å²) in [6.07, 6.45) is 3.15. The molecule has 0 bridgehead atoms. The molecule has 1 atom stereocenters. The van der Waals surface area contributed by atoms with Crippen LogP contribution in [0.2, 0.25) is 0 Å². The Morgan fingerprint density at radius 2 is 2.00 bits per heavy atom. The number of hydrogen-bond acceptors (Lipinski definition) is 3. The lowest BCUT2D eigenvalue weighted by Crippen LogP contribution is -2.42. The number of carbonyl (C=O) groups is 1. The van der Waals surface area contributed by atoms with Crippen molar-refractivity contribution < 1.29 is 14.3 Å². The molecule has 116 valence electrons. The highest BCUT2D eigenvalue weighted by atomic mass is 19.1. The number of amides is 1. The normalized spacial score (nSPS) is 23.6. The first kappa shape index (κ1) is 15.9. The Morgan fingerprint density at radius 3 is 2.62 bits per heavy atom. The molecule has 5 heteroatoms. The number of nitrogens with one attached hydrogen (secondary N) is 2. The summed E-state index contributed by atoms with van der Waals surface area (Å²) in [6.45, 7) is 1.96. The fourth-order valence-corrected chi connectivity index (χ4v) is 2.84. The quantitative estimate of drug-likeness (QED) is 0.777. The van der Waals surface area contributed by atoms with E-state index in [0.717, 1.165) is 25.7 Å². The molecule has 0 aromatic heterocycles. The van der Waals surface area contributed by atoms with Crippen molar-refractivity contribution in [2.24, 2.45) is 0 Å². The molecule has 0 heterocycles. The molecule has 4 nitrogen and oxygen atoms in total. The monoisotopic (exact) mass is 294 g/mol. The number of aliphatic hydroxyl groups excluding tert-OH is 1. The molecule has 0 saturated heterocycles. The number of hydrogen-bond donors (Lipinski definition) is 3. The van der Waals surface area contributed by atoms with Crippen molar-refractivity contribution in [2.45, 2.75) is 50.8 Å². The van der Waals surface area contributed by atoms with Gasteiger partial charge in [-0.25, -0.2) is 4.39 Å². The molecular formula is C16H23FN2O2. The van der Waals surface area contributed by atoms with Crippen LogP contribution in [-0.4, -0.2) is 29.6 Å². The van der Waals surface area contributed by atoms with Crippen LogP contribution in [0.25, 0.3) is 0 Å². The summed E-state index contributed by atoms with van der Waals surface area (Å²) in [5, 5.41) is 16.3. The topological polar surface area (TPSA) is 61.4 Å². The first-order valence-electron chi connectivity index (χ1n) is 7.48. The van der Waals surface area contributed by atoms with Crippen LogP contribution in [0.5, 0.6) is 0 Å². The minimum absolute atomic E-state index is 0.0212. The maximum absolute atomic E-state index is 13.1. The highest BCUT2D eigenvalue weighted by molar-refractivity contribution is 5.73. The largest absolute Gasteiger partial charge is 0.387 e. The van der Waals surface area contributed by atoms with Gasteiger partial charge >= 0.3 is 0 Å². The third kappa shape index (κ3) is 5.10. The van der Waals surface area contributed by atoms with Crippen molar-refractivity contribution in [3.8, 4) is 0 Å². The molecule has 1 aromatic carbocycles. The molecule has 1 saturated carbocycles. The molecule has 1 aliphatic carbocycles. The minimum Gasteiger partial charge on any atom is -0.387 e. The number of halogens is 1. The van der Waals surface area contributed by atoms with Crippen LogP contribution in [0, 0.1) is 5.82 Å². The Labute approximate surface area is 124 Å². The SMILES string of the molecule is CC(=O)N[C@H]1CC[C@@H](NC[C@H](O)c2cccc(F)c2)CC1. The molecule has 3 N–H and O–H groups in total. The molecular weight excluding hydrogens is 271 g/mol. The Bertz CT molecular complexity index is 473. The van der Waals surface area contributed by atoms with Crippen LogP contribution in [0.15, 0.2) is 24.3 Å². The molecule has 2 rings (SSSR count). The first-order valence-corrected chi connectivity index (χ1v) is 7.48. The molecule has 21 heavy (non-hydrogen) atoms. The molecule has 1 aliphatic rings. The summed E-state index contributed by atoms with van der Waals surface area (Å²) in [6, 6.07) is 6.68. The van der Waals surface area contributed by atoms with E-state index in [9.17, 15) is 14.3 Å². The third-order valence-electron chi connectivity index (χ3n) is 3.97. The van der Waals surface area contributed by atoms with Crippen LogP contribution in [0.1, 0.15) is 44.3 Å². The average Bonchev–Trinajstić information content (AvgIpc) is 2.45. The van der Waals surface area contributed by atoms with E-state index in [0.29, 0.717) is 18.2 Å². The molecule has 0 aliphatic heterocycles. The smallest absolute Gasteiger partial charge is 0.217 e. The highest BCUT2D eigenvalue weighted by Gasteiger charge is 2.22. The van der Waals surface area contributed by atoms with Gasteiger partial charge < -0.3 is 15.7 Å². The Morgan fingerprint density at radius 1 is 1.33 bits per heavy atom. The zero-order valence-electron chi connectivity index (χ0n) is 12.3. The van der Waals surface area contributed by atoms with E-state index in [1.54, 1.807) is 19.1 Å². The lowest BCUT2D eigenvalue weighted by Gasteiger charge is -2.30. The van der Waals surface area contributed by atoms with Gasteiger partial charge in [0.15, 0.2) is 0 Å². The number of rotatable bonds is 5. The second kappa shape index (κ2) is 7.52. The highest BCUT2D eigenvalue weighted by Crippen LogP contribution is 2.20. The summed E-state index contributed by atoms with van der Waals surface area (Å²) < 4.78 is 13.1. The average molecular weight is 294 g/mol. The predicted octanol–water partition coefficient (Wildman–Crippen LogP) is 1.90. The lowest BCUT2D eigenvalue weighted by molar-refractivity contribution is -0.119. The van der Waals surface area contributed by atoms with E-state index in [1.807, 2.05) is 0 Å². The van der Waals surface area contributed by atoms with E-state index in [2.05, 4.69) is 10.6 Å². The van der Waals surface area contributed by atoms with Gasteiger partial charge in [-0.2, -0.15) is 0 Å². The Balaban J connectivity index is 1.73. The van der Waals surface area contributed by atoms with Gasteiger partial charge in [-0.05, 0) is 43.4 Å². The van der Waals surface area contributed by atoms with Crippen molar-refractivity contribution in [1.82, 2.24) is 10.6 Å². The van der Waals surface area contributed by atoms with E-state index in [-0.39, 0.29) is 17.8 Å². The predicted molar refractivity (Wildman–Crippen MR) is 79.2 cm³/mol. The fraction of sp³-hybridized carbons (Fsp3) is 0.562. The maximum Gasteiger partial charge on any atom is 0.217 e. The van der Waals surface area contributed by atoms with E-state index in [4.69, 9.17) is 0 Å². The summed E-state index contributed by atoms with van der Waals surface area (Å²) in [5.41, 5.74) is 0.592. The number of benzene rings is 1. The summed E-state index contributed by atoms with van der Waals surface area (Å²) in [7, 11) is 0. The summed E-state index contributed by atoms with van der Waals surface area (Å²) in [4.78, 5) is 11.0. The van der Waals surface area contributed by atoms with Crippen molar-refractivity contribution in [3.05, 3.63) is 35.6 Å². The third-order valence-corrected chi connectivity index (χ3v) is 3.97. The van der Waals surface area contributed by atoms with Crippen molar-refractivity contribution in [2.75, 3.05) is 6.54 Å². The van der Waals surface area contributed by atoms with Crippen LogP contribution >= 0.6 is 0 Å². The van der Waals surface area contributed by atoms with Gasteiger partial charge in [0.1, 0.15) is 5.82 Å². The molecule has 0 unspecified atom stereocenters. The standard InChI is InChI=1S/C16H23FN2O2/c1-11(20)19-15-7-5-14(6-8-15)18-10-16(21)12-3-2-4-13(17)9-12/h2-4,9,14-16,18,21H,5-8,10H2,1H3,(H,19,20)/t14-,15+,16-/m0/s1. The van der Waals surface area contributed by atoms with Crippen LogP contribution in [0.4, 0.5) is 4.39 Å². The van der Waals surface area contributed by atoms with Crippen molar-refractivity contribution in [1.29, 1.82) is 0 Å². The van der Waals surface area contributed by atoms with Crippen LogP contribution < -0.4 is 10.6 Å². The van der Waals surface area contributed by atoms with Gasteiger partial charge in [0.05, 0.1) is 6.10 Å². The van der Waals surface area contributed by atoms with Gasteiger partial charge in [-0.3, -0.25) is 4.79 Å². The van der Waals surface area contributed by atoms with Gasteiger partial charge in [-0.1, -0.05) is 12.1 Å². The molecule has 0 spiro atoms. The van der Waals surface area contributed by atoms with E-state index < -0.39 is 6.10 Å².